The summed E-state index contributed by atoms with van der Waals surface area (Å²) in [7, 11) is -4.85. The van der Waals surface area contributed by atoms with Crippen molar-refractivity contribution >= 4 is 54.7 Å². The Kier molecular flexibility index (Phi) is 6.58. The van der Waals surface area contributed by atoms with Crippen LogP contribution in [0.3, 0.4) is 0 Å². The number of rotatable bonds is 4. The van der Waals surface area contributed by atoms with Crippen LogP contribution in [0.5, 0.6) is 0 Å². The molecule has 0 bridgehead atoms. The van der Waals surface area contributed by atoms with Crippen LogP contribution in [0.2, 0.25) is 0 Å². The molecule has 0 aromatic heterocycles. The van der Waals surface area contributed by atoms with E-state index in [0.29, 0.717) is 19.3 Å². The number of phosphoric acid groups is 1. The number of aliphatic hydroxyl groups is 1. The first-order valence-electron chi connectivity index (χ1n) is 10.2. The van der Waals surface area contributed by atoms with E-state index in [0.717, 1.165) is 5.57 Å². The molecule has 6 atom stereocenters. The van der Waals surface area contributed by atoms with E-state index in [-0.39, 0.29) is 71.7 Å². The van der Waals surface area contributed by atoms with Crippen LogP contribution in [0.4, 0.5) is 0 Å². The molecule has 0 amide bonds. The minimum atomic E-state index is -4.85. The van der Waals surface area contributed by atoms with Crippen molar-refractivity contribution in [2.45, 2.75) is 51.6 Å². The molecule has 4 rings (SSSR count). The van der Waals surface area contributed by atoms with Gasteiger partial charge in [0.2, 0.25) is 0 Å². The summed E-state index contributed by atoms with van der Waals surface area (Å²) in [6.07, 6.45) is 7.03. The van der Waals surface area contributed by atoms with Crippen molar-refractivity contribution in [2.24, 2.45) is 28.6 Å². The van der Waals surface area contributed by atoms with Crippen LogP contribution in [0, 0.1) is 28.6 Å². The number of fused-ring (bicyclic) bond motifs is 5. The molecule has 8 nitrogen and oxygen atoms in total. The summed E-state index contributed by atoms with van der Waals surface area (Å²) in [5, 5.41) is 11.3. The predicted octanol–water partition coefficient (Wildman–Crippen LogP) is 1.50. The van der Waals surface area contributed by atoms with Gasteiger partial charge in [0.15, 0.2) is 11.6 Å². The zero-order valence-electron chi connectivity index (χ0n) is 18.0. The predicted molar refractivity (Wildman–Crippen MR) is 111 cm³/mol. The number of carbonyl (C=O) groups excluding carboxylic acids is 3. The number of phosphoric ester groups is 1. The standard InChI is InChI=1S/C21H27O8P.Na/c1-19-7-5-13(22)9-12(19)3-4-14-15-6-8-21(25,17(24)11-29-30(26,27)28)20(15,2)10-16(23)18(14)19;/h5,7,9,14-15,18,25H,3-4,6,8,10-11H2,1-2H3,(H2,26,27,28);/t14-,15-,18+,19-,20-,21-;/m0./s1. The first-order chi connectivity index (χ1) is 13.8. The summed E-state index contributed by atoms with van der Waals surface area (Å²) >= 11 is 0. The van der Waals surface area contributed by atoms with Gasteiger partial charge in [-0.1, -0.05) is 25.5 Å². The van der Waals surface area contributed by atoms with Crippen LogP contribution in [0.15, 0.2) is 23.8 Å². The van der Waals surface area contributed by atoms with E-state index in [9.17, 15) is 24.1 Å². The second-order valence-electron chi connectivity index (χ2n) is 9.62. The maximum absolute atomic E-state index is 13.4. The van der Waals surface area contributed by atoms with Crippen molar-refractivity contribution in [3.05, 3.63) is 23.8 Å². The Morgan fingerprint density at radius 1 is 1.26 bits per heavy atom. The molecule has 4 aliphatic rings. The van der Waals surface area contributed by atoms with Gasteiger partial charge in [0.25, 0.3) is 0 Å². The molecular weight excluding hydrogens is 434 g/mol. The minimum absolute atomic E-state index is 0. The Labute approximate surface area is 203 Å². The van der Waals surface area contributed by atoms with Crippen molar-refractivity contribution in [2.75, 3.05) is 6.61 Å². The molecule has 1 radical (unpaired) electrons. The molecule has 3 N–H and O–H groups in total. The maximum atomic E-state index is 13.4. The van der Waals surface area contributed by atoms with Crippen LogP contribution in [-0.4, -0.2) is 74.0 Å². The molecule has 3 saturated carbocycles. The summed E-state index contributed by atoms with van der Waals surface area (Å²) in [5.74, 6) is -1.36. The summed E-state index contributed by atoms with van der Waals surface area (Å²) < 4.78 is 15.3. The van der Waals surface area contributed by atoms with Gasteiger partial charge in [0.05, 0.1) is 0 Å². The fraction of sp³-hybridized carbons (Fsp3) is 0.667. The zero-order chi connectivity index (χ0) is 22.1. The molecule has 4 aliphatic carbocycles. The monoisotopic (exact) mass is 461 g/mol. The average Bonchev–Trinajstić information content (AvgIpc) is 2.91. The van der Waals surface area contributed by atoms with Crippen molar-refractivity contribution < 1.29 is 38.4 Å². The molecule has 0 spiro atoms. The Morgan fingerprint density at radius 2 is 1.94 bits per heavy atom. The van der Waals surface area contributed by atoms with E-state index in [1.165, 1.54) is 6.08 Å². The molecule has 0 aliphatic heterocycles. The van der Waals surface area contributed by atoms with Crippen molar-refractivity contribution in [1.82, 2.24) is 0 Å². The van der Waals surface area contributed by atoms with Crippen LogP contribution in [-0.2, 0) is 23.5 Å². The summed E-state index contributed by atoms with van der Waals surface area (Å²) in [6, 6.07) is 0. The van der Waals surface area contributed by atoms with E-state index in [1.54, 1.807) is 13.0 Å². The molecule has 0 saturated heterocycles. The van der Waals surface area contributed by atoms with E-state index in [2.05, 4.69) is 4.52 Å². The fourth-order valence-electron chi connectivity index (χ4n) is 6.75. The number of ketones is 3. The maximum Gasteiger partial charge on any atom is 0.470 e. The largest absolute Gasteiger partial charge is 0.470 e. The fourth-order valence-corrected chi connectivity index (χ4v) is 7.04. The van der Waals surface area contributed by atoms with Crippen LogP contribution in [0.1, 0.15) is 46.0 Å². The number of hydrogen-bond donors (Lipinski definition) is 3. The van der Waals surface area contributed by atoms with E-state index < -0.39 is 36.6 Å². The van der Waals surface area contributed by atoms with Gasteiger partial charge in [-0.3, -0.25) is 18.9 Å². The molecule has 0 heterocycles. The minimum Gasteiger partial charge on any atom is -0.381 e. The molecular formula is C21H27NaO8P. The van der Waals surface area contributed by atoms with E-state index in [1.807, 2.05) is 13.0 Å². The molecule has 31 heavy (non-hydrogen) atoms. The molecule has 165 valence electrons. The average molecular weight is 461 g/mol. The molecule has 3 fully saturated rings. The Balaban J connectivity index is 0.00000272. The second kappa shape index (κ2) is 8.10. The van der Waals surface area contributed by atoms with E-state index >= 15 is 0 Å². The first kappa shape index (κ1) is 25.2. The Morgan fingerprint density at radius 3 is 2.58 bits per heavy atom. The smallest absolute Gasteiger partial charge is 0.381 e. The summed E-state index contributed by atoms with van der Waals surface area (Å²) in [6.45, 7) is 2.82. The van der Waals surface area contributed by atoms with Gasteiger partial charge < -0.3 is 14.9 Å². The quantitative estimate of drug-likeness (QED) is 0.423. The topological polar surface area (TPSA) is 138 Å². The van der Waals surface area contributed by atoms with Gasteiger partial charge in [-0.15, -0.1) is 0 Å². The zero-order valence-corrected chi connectivity index (χ0v) is 20.9. The third-order valence-electron chi connectivity index (χ3n) is 8.23. The third kappa shape index (κ3) is 3.83. The Bertz CT molecular complexity index is 938. The Hall–Kier alpha value is -0.440. The van der Waals surface area contributed by atoms with Gasteiger partial charge in [-0.2, -0.15) is 0 Å². The van der Waals surface area contributed by atoms with E-state index in [4.69, 9.17) is 9.79 Å². The van der Waals surface area contributed by atoms with Crippen molar-refractivity contribution in [3.8, 4) is 0 Å². The second-order valence-corrected chi connectivity index (χ2v) is 10.9. The molecule has 0 unspecified atom stereocenters. The summed E-state index contributed by atoms with van der Waals surface area (Å²) in [4.78, 5) is 55.9. The number of hydrogen-bond acceptors (Lipinski definition) is 6. The number of carbonyl (C=O) groups is 3. The van der Waals surface area contributed by atoms with Crippen LogP contribution >= 0.6 is 7.82 Å². The summed E-state index contributed by atoms with van der Waals surface area (Å²) in [5.41, 5.74) is -2.47. The number of Topliss-reactive ketones (excluding diaryl/α,β-unsaturated/α-hetero) is 2. The molecule has 10 heteroatoms. The van der Waals surface area contributed by atoms with Gasteiger partial charge in [-0.05, 0) is 49.7 Å². The van der Waals surface area contributed by atoms with Crippen LogP contribution in [0.25, 0.3) is 0 Å². The normalized spacial score (nSPS) is 41.6. The first-order valence-corrected chi connectivity index (χ1v) is 11.8. The SMILES string of the molecule is C[C@]12C=CC(=O)C=C1CC[C@@H]1[C@@H]2C(=O)C[C@@]2(C)[C@H]1CC[C@]2(O)C(=O)COP(=O)(O)O.[Na]. The van der Waals surface area contributed by atoms with Gasteiger partial charge in [-0.25, -0.2) is 4.57 Å². The number of allylic oxidation sites excluding steroid dienone is 4. The van der Waals surface area contributed by atoms with Crippen molar-refractivity contribution in [3.63, 3.8) is 0 Å². The third-order valence-corrected chi connectivity index (χ3v) is 8.70. The molecule has 0 aromatic carbocycles. The van der Waals surface area contributed by atoms with Crippen LogP contribution < -0.4 is 0 Å². The van der Waals surface area contributed by atoms with Gasteiger partial charge in [0.1, 0.15) is 18.0 Å². The molecule has 0 aromatic rings. The van der Waals surface area contributed by atoms with Crippen molar-refractivity contribution in [1.29, 1.82) is 0 Å². The van der Waals surface area contributed by atoms with Gasteiger partial charge >= 0.3 is 7.82 Å². The van der Waals surface area contributed by atoms with Gasteiger partial charge in [0, 0.05) is 52.7 Å².